The highest BCUT2D eigenvalue weighted by molar-refractivity contribution is 6.21. The first-order chi connectivity index (χ1) is 10.7. The van der Waals surface area contributed by atoms with Gasteiger partial charge < -0.3 is 4.74 Å². The first kappa shape index (κ1) is 16.0. The monoisotopic (exact) mass is 298 g/mol. The number of alkyl halides is 1. The maximum absolute atomic E-state index is 12.4. The highest BCUT2D eigenvalue weighted by Gasteiger charge is 2.16. The lowest BCUT2D eigenvalue weighted by molar-refractivity contribution is -0.141. The molecule has 3 heteroatoms. The maximum atomic E-state index is 12.4. The lowest BCUT2D eigenvalue weighted by Gasteiger charge is -2.14. The van der Waals surface area contributed by atoms with E-state index < -0.39 is 18.7 Å². The van der Waals surface area contributed by atoms with Crippen LogP contribution in [-0.2, 0) is 9.53 Å². The average Bonchev–Trinajstić information content (AvgIpc) is 2.54. The molecule has 0 bridgehead atoms. The second-order valence-corrected chi connectivity index (χ2v) is 5.03. The standard InChI is InChI=1S/C19H19FO2/c1-15(12-13-20)22-19(21)18(17-10-6-3-7-11-17)14-16-8-4-2-5-9-16/h2-11,14-15H,12-13H2,1H3/b18-14+. The Balaban J connectivity index is 2.30. The van der Waals surface area contributed by atoms with E-state index in [9.17, 15) is 9.18 Å². The van der Waals surface area contributed by atoms with Crippen LogP contribution < -0.4 is 0 Å². The third-order valence-corrected chi connectivity index (χ3v) is 3.24. The molecule has 0 spiro atoms. The lowest BCUT2D eigenvalue weighted by atomic mass is 10.0. The average molecular weight is 298 g/mol. The summed E-state index contributed by atoms with van der Waals surface area (Å²) in [5.41, 5.74) is 2.16. The van der Waals surface area contributed by atoms with E-state index in [1.165, 1.54) is 0 Å². The topological polar surface area (TPSA) is 26.3 Å². The Morgan fingerprint density at radius 2 is 1.68 bits per heavy atom. The van der Waals surface area contributed by atoms with E-state index in [4.69, 9.17) is 4.74 Å². The second kappa shape index (κ2) is 8.13. The van der Waals surface area contributed by atoms with Crippen LogP contribution in [0.3, 0.4) is 0 Å². The van der Waals surface area contributed by atoms with Gasteiger partial charge in [-0.05, 0) is 24.1 Å². The van der Waals surface area contributed by atoms with Gasteiger partial charge in [0.1, 0.15) is 6.10 Å². The minimum atomic E-state index is -0.502. The van der Waals surface area contributed by atoms with E-state index in [2.05, 4.69) is 0 Å². The van der Waals surface area contributed by atoms with Crippen LogP contribution in [0.25, 0.3) is 11.6 Å². The summed E-state index contributed by atoms with van der Waals surface area (Å²) >= 11 is 0. The zero-order valence-electron chi connectivity index (χ0n) is 12.5. The minimum Gasteiger partial charge on any atom is -0.459 e. The quantitative estimate of drug-likeness (QED) is 0.445. The van der Waals surface area contributed by atoms with Gasteiger partial charge in [-0.3, -0.25) is 4.39 Å². The molecule has 0 N–H and O–H groups in total. The van der Waals surface area contributed by atoms with Crippen LogP contribution >= 0.6 is 0 Å². The Hall–Kier alpha value is -2.42. The fraction of sp³-hybridized carbons (Fsp3) is 0.211. The Bertz CT molecular complexity index is 620. The molecule has 0 fully saturated rings. The molecule has 0 aromatic heterocycles. The van der Waals surface area contributed by atoms with Crippen LogP contribution in [0.1, 0.15) is 24.5 Å². The molecule has 2 rings (SSSR count). The van der Waals surface area contributed by atoms with Crippen LogP contribution in [-0.4, -0.2) is 18.7 Å². The molecule has 1 atom stereocenters. The zero-order chi connectivity index (χ0) is 15.8. The highest BCUT2D eigenvalue weighted by Crippen LogP contribution is 2.20. The Morgan fingerprint density at radius 3 is 2.27 bits per heavy atom. The normalized spacial score (nSPS) is 12.7. The van der Waals surface area contributed by atoms with Crippen molar-refractivity contribution in [2.24, 2.45) is 0 Å². The summed E-state index contributed by atoms with van der Waals surface area (Å²) in [5, 5.41) is 0. The first-order valence-electron chi connectivity index (χ1n) is 7.30. The molecular weight excluding hydrogens is 279 g/mol. The summed E-state index contributed by atoms with van der Waals surface area (Å²) in [6.45, 7) is 1.19. The second-order valence-electron chi connectivity index (χ2n) is 5.03. The van der Waals surface area contributed by atoms with Gasteiger partial charge in [0.05, 0.1) is 12.2 Å². The summed E-state index contributed by atoms with van der Waals surface area (Å²) < 4.78 is 17.7. The van der Waals surface area contributed by atoms with Crippen LogP contribution in [0.15, 0.2) is 60.7 Å². The Labute approximate surface area is 130 Å². The van der Waals surface area contributed by atoms with Gasteiger partial charge >= 0.3 is 5.97 Å². The van der Waals surface area contributed by atoms with Crippen molar-refractivity contribution >= 4 is 17.6 Å². The van der Waals surface area contributed by atoms with Crippen LogP contribution in [0, 0.1) is 0 Å². The van der Waals surface area contributed by atoms with Crippen LogP contribution in [0.5, 0.6) is 0 Å². The van der Waals surface area contributed by atoms with Gasteiger partial charge in [-0.15, -0.1) is 0 Å². The van der Waals surface area contributed by atoms with Crippen LogP contribution in [0.4, 0.5) is 4.39 Å². The number of carbonyl (C=O) groups is 1. The van der Waals surface area contributed by atoms with Crippen molar-refractivity contribution in [3.63, 3.8) is 0 Å². The Morgan fingerprint density at radius 1 is 1.09 bits per heavy atom. The lowest BCUT2D eigenvalue weighted by Crippen LogP contribution is -2.16. The SMILES string of the molecule is CC(CCF)OC(=O)/C(=C/c1ccccc1)c1ccccc1. The largest absolute Gasteiger partial charge is 0.459 e. The van der Waals surface area contributed by atoms with E-state index >= 15 is 0 Å². The number of esters is 1. The van der Waals surface area contributed by atoms with E-state index in [1.54, 1.807) is 13.0 Å². The molecule has 2 aromatic carbocycles. The van der Waals surface area contributed by atoms with E-state index in [1.807, 2.05) is 60.7 Å². The van der Waals surface area contributed by atoms with Gasteiger partial charge in [-0.25, -0.2) is 4.79 Å². The molecule has 2 aromatic rings. The summed E-state index contributed by atoms with van der Waals surface area (Å²) in [4.78, 5) is 12.4. The van der Waals surface area contributed by atoms with Crippen molar-refractivity contribution in [1.82, 2.24) is 0 Å². The molecule has 0 aliphatic rings. The summed E-state index contributed by atoms with van der Waals surface area (Å²) in [5.74, 6) is -0.434. The van der Waals surface area contributed by atoms with Crippen LogP contribution in [0.2, 0.25) is 0 Å². The molecule has 2 nitrogen and oxygen atoms in total. The zero-order valence-corrected chi connectivity index (χ0v) is 12.5. The molecular formula is C19H19FO2. The van der Waals surface area contributed by atoms with Crippen molar-refractivity contribution < 1.29 is 13.9 Å². The maximum Gasteiger partial charge on any atom is 0.339 e. The van der Waals surface area contributed by atoms with Gasteiger partial charge in [0.2, 0.25) is 0 Å². The third-order valence-electron chi connectivity index (χ3n) is 3.24. The third kappa shape index (κ3) is 4.55. The smallest absolute Gasteiger partial charge is 0.339 e. The summed E-state index contributed by atoms with van der Waals surface area (Å²) in [6, 6.07) is 18.9. The van der Waals surface area contributed by atoms with Gasteiger partial charge in [0, 0.05) is 6.42 Å². The van der Waals surface area contributed by atoms with E-state index in [0.29, 0.717) is 5.57 Å². The minimum absolute atomic E-state index is 0.207. The number of hydrogen-bond acceptors (Lipinski definition) is 2. The molecule has 0 aliphatic carbocycles. The molecule has 0 amide bonds. The van der Waals surface area contributed by atoms with Crippen molar-refractivity contribution in [2.45, 2.75) is 19.4 Å². The Kier molecular flexibility index (Phi) is 5.90. The molecule has 1 unspecified atom stereocenters. The van der Waals surface area contributed by atoms with Crippen molar-refractivity contribution in [3.8, 4) is 0 Å². The summed E-state index contributed by atoms with van der Waals surface area (Å²) in [7, 11) is 0. The van der Waals surface area contributed by atoms with Gasteiger partial charge in [-0.1, -0.05) is 60.7 Å². The fourth-order valence-corrected chi connectivity index (χ4v) is 2.05. The number of ether oxygens (including phenoxy) is 1. The number of carbonyl (C=O) groups excluding carboxylic acids is 1. The van der Waals surface area contributed by atoms with E-state index in [-0.39, 0.29) is 6.42 Å². The molecule has 0 radical (unpaired) electrons. The first-order valence-corrected chi connectivity index (χ1v) is 7.30. The van der Waals surface area contributed by atoms with Crippen molar-refractivity contribution in [2.75, 3.05) is 6.67 Å². The molecule has 114 valence electrons. The molecule has 0 saturated heterocycles. The molecule has 0 heterocycles. The van der Waals surface area contributed by atoms with Crippen molar-refractivity contribution in [1.29, 1.82) is 0 Å². The predicted octanol–water partition coefficient (Wildman–Crippen LogP) is 4.52. The molecule has 22 heavy (non-hydrogen) atoms. The van der Waals surface area contributed by atoms with Gasteiger partial charge in [0.15, 0.2) is 0 Å². The van der Waals surface area contributed by atoms with E-state index in [0.717, 1.165) is 11.1 Å². The number of hydrogen-bond donors (Lipinski definition) is 0. The summed E-state index contributed by atoms with van der Waals surface area (Å²) in [6.07, 6.45) is 1.55. The fourth-order valence-electron chi connectivity index (χ4n) is 2.05. The molecule has 0 aliphatic heterocycles. The predicted molar refractivity (Wildman–Crippen MR) is 86.9 cm³/mol. The van der Waals surface area contributed by atoms with Gasteiger partial charge in [0.25, 0.3) is 0 Å². The van der Waals surface area contributed by atoms with Crippen molar-refractivity contribution in [3.05, 3.63) is 71.8 Å². The number of benzene rings is 2. The molecule has 0 saturated carbocycles. The number of rotatable bonds is 6. The van der Waals surface area contributed by atoms with Gasteiger partial charge in [-0.2, -0.15) is 0 Å². The highest BCUT2D eigenvalue weighted by atomic mass is 19.1. The number of halogens is 1.